The molecule has 158 valence electrons. The first-order chi connectivity index (χ1) is 14.1. The minimum absolute atomic E-state index is 0.104. The molecule has 4 rings (SSSR count). The van der Waals surface area contributed by atoms with Gasteiger partial charge in [0.15, 0.2) is 0 Å². The van der Waals surface area contributed by atoms with E-state index in [9.17, 15) is 23.7 Å². The van der Waals surface area contributed by atoms with E-state index in [0.29, 0.717) is 10.6 Å². The van der Waals surface area contributed by atoms with Gasteiger partial charge < -0.3 is 19.8 Å². The van der Waals surface area contributed by atoms with Gasteiger partial charge in [0.25, 0.3) is 5.91 Å². The van der Waals surface area contributed by atoms with E-state index in [-0.39, 0.29) is 17.0 Å². The van der Waals surface area contributed by atoms with Crippen LogP contribution in [0.15, 0.2) is 28.8 Å². The maximum absolute atomic E-state index is 13.0. The van der Waals surface area contributed by atoms with Crippen LogP contribution < -0.4 is 5.32 Å². The Bertz CT molecular complexity index is 1110. The van der Waals surface area contributed by atoms with Crippen LogP contribution in [0.1, 0.15) is 30.0 Å². The fraction of sp³-hybridized carbons (Fsp3) is 0.368. The van der Waals surface area contributed by atoms with Crippen molar-refractivity contribution in [2.75, 3.05) is 0 Å². The molecule has 2 aromatic rings. The highest BCUT2D eigenvalue weighted by Gasteiger charge is 2.68. The summed E-state index contributed by atoms with van der Waals surface area (Å²) in [6.07, 6.45) is 0. The SMILES string of the molecule is Cc1onc(-c2ccccc2Cl)c1C(=O)NC1C(=O)N2C1S(=O)C(C)(C)C2C(=O)O. The molecule has 0 aliphatic carbocycles. The number of carboxylic acid groups (broad SMARTS) is 1. The van der Waals surface area contributed by atoms with Crippen LogP contribution >= 0.6 is 11.6 Å². The maximum Gasteiger partial charge on any atom is 0.328 e. The molecule has 1 aromatic heterocycles. The number of carboxylic acids is 1. The number of halogens is 1. The van der Waals surface area contributed by atoms with Gasteiger partial charge in [-0.15, -0.1) is 0 Å². The molecule has 2 saturated heterocycles. The summed E-state index contributed by atoms with van der Waals surface area (Å²) in [4.78, 5) is 38.4. The van der Waals surface area contributed by atoms with Crippen molar-refractivity contribution in [3.63, 3.8) is 0 Å². The molecule has 0 spiro atoms. The van der Waals surface area contributed by atoms with Gasteiger partial charge in [0.2, 0.25) is 5.91 Å². The molecule has 0 radical (unpaired) electrons. The third-order valence-corrected chi connectivity index (χ3v) is 8.02. The number of aliphatic carboxylic acids is 1. The fourth-order valence-electron chi connectivity index (χ4n) is 3.98. The molecule has 30 heavy (non-hydrogen) atoms. The number of amides is 2. The number of rotatable bonds is 4. The summed E-state index contributed by atoms with van der Waals surface area (Å²) in [5.41, 5.74) is 0.807. The molecular formula is C19H18ClN3O6S. The molecule has 1 aromatic carbocycles. The van der Waals surface area contributed by atoms with Crippen molar-refractivity contribution in [1.29, 1.82) is 0 Å². The smallest absolute Gasteiger partial charge is 0.328 e. The van der Waals surface area contributed by atoms with Crippen molar-refractivity contribution >= 4 is 40.2 Å². The Morgan fingerprint density at radius 1 is 1.33 bits per heavy atom. The Morgan fingerprint density at radius 3 is 2.63 bits per heavy atom. The molecule has 3 heterocycles. The molecule has 2 N–H and O–H groups in total. The van der Waals surface area contributed by atoms with Gasteiger partial charge in [-0.3, -0.25) is 13.8 Å². The van der Waals surface area contributed by atoms with E-state index in [4.69, 9.17) is 16.1 Å². The summed E-state index contributed by atoms with van der Waals surface area (Å²) in [5.74, 6) is -2.24. The lowest BCUT2D eigenvalue weighted by Crippen LogP contribution is -2.71. The highest BCUT2D eigenvalue weighted by Crippen LogP contribution is 2.43. The molecule has 2 aliphatic rings. The van der Waals surface area contributed by atoms with E-state index in [2.05, 4.69) is 10.5 Å². The molecule has 9 nitrogen and oxygen atoms in total. The highest BCUT2D eigenvalue weighted by atomic mass is 35.5. The number of carbonyl (C=O) groups is 3. The number of β-lactam (4-membered cyclic amide) rings is 1. The number of aryl methyl sites for hydroxylation is 1. The number of hydrogen-bond acceptors (Lipinski definition) is 6. The van der Waals surface area contributed by atoms with Crippen LogP contribution in [0.2, 0.25) is 5.02 Å². The van der Waals surface area contributed by atoms with Crippen molar-refractivity contribution < 1.29 is 28.2 Å². The van der Waals surface area contributed by atoms with Crippen molar-refractivity contribution in [3.8, 4) is 11.3 Å². The van der Waals surface area contributed by atoms with Crippen molar-refractivity contribution in [2.24, 2.45) is 0 Å². The second-order valence-electron chi connectivity index (χ2n) is 7.67. The number of benzene rings is 1. The second kappa shape index (κ2) is 6.92. The predicted octanol–water partition coefficient (Wildman–Crippen LogP) is 1.56. The summed E-state index contributed by atoms with van der Waals surface area (Å²) >= 11 is 6.21. The second-order valence-corrected chi connectivity index (χ2v) is 10.2. The first kappa shape index (κ1) is 20.5. The number of nitrogens with one attached hydrogen (secondary N) is 1. The van der Waals surface area contributed by atoms with Crippen LogP contribution in [0.25, 0.3) is 11.3 Å². The van der Waals surface area contributed by atoms with E-state index in [1.165, 1.54) is 13.8 Å². The molecule has 4 unspecified atom stereocenters. The van der Waals surface area contributed by atoms with E-state index >= 15 is 0 Å². The first-order valence-electron chi connectivity index (χ1n) is 9.05. The molecular weight excluding hydrogens is 434 g/mol. The lowest BCUT2D eigenvalue weighted by Gasteiger charge is -2.43. The quantitative estimate of drug-likeness (QED) is 0.674. The van der Waals surface area contributed by atoms with E-state index in [1.807, 2.05) is 0 Å². The average molecular weight is 452 g/mol. The number of nitrogens with zero attached hydrogens (tertiary/aromatic N) is 2. The topological polar surface area (TPSA) is 130 Å². The van der Waals surface area contributed by atoms with E-state index in [1.54, 1.807) is 31.2 Å². The molecule has 0 bridgehead atoms. The fourth-order valence-corrected chi connectivity index (χ4v) is 6.13. The molecule has 2 fully saturated rings. The van der Waals surface area contributed by atoms with Gasteiger partial charge in [-0.25, -0.2) is 4.79 Å². The summed E-state index contributed by atoms with van der Waals surface area (Å²) in [6.45, 7) is 4.62. The number of carbonyl (C=O) groups excluding carboxylic acids is 2. The van der Waals surface area contributed by atoms with Crippen LogP contribution in [-0.4, -0.2) is 59.4 Å². The Hall–Kier alpha value is -2.72. The Labute approximate surface area is 178 Å². The van der Waals surface area contributed by atoms with Gasteiger partial charge in [-0.1, -0.05) is 35.0 Å². The summed E-state index contributed by atoms with van der Waals surface area (Å²) in [6, 6.07) is 4.46. The van der Waals surface area contributed by atoms with Crippen molar-refractivity contribution in [2.45, 2.75) is 43.0 Å². The number of fused-ring (bicyclic) bond motifs is 1. The monoisotopic (exact) mass is 451 g/mol. The lowest BCUT2D eigenvalue weighted by atomic mass is 9.95. The molecule has 2 aliphatic heterocycles. The lowest BCUT2D eigenvalue weighted by molar-refractivity contribution is -0.159. The van der Waals surface area contributed by atoms with Gasteiger partial charge >= 0.3 is 5.97 Å². The first-order valence-corrected chi connectivity index (χ1v) is 10.6. The summed E-state index contributed by atoms with van der Waals surface area (Å²) in [7, 11) is -1.69. The Kier molecular flexibility index (Phi) is 4.74. The zero-order valence-corrected chi connectivity index (χ0v) is 17.8. The maximum atomic E-state index is 13.0. The van der Waals surface area contributed by atoms with Gasteiger partial charge in [0.05, 0.1) is 20.6 Å². The van der Waals surface area contributed by atoms with Crippen LogP contribution in [0.3, 0.4) is 0 Å². The van der Waals surface area contributed by atoms with Crippen molar-refractivity contribution in [1.82, 2.24) is 15.4 Å². The van der Waals surface area contributed by atoms with Crippen LogP contribution in [0.4, 0.5) is 0 Å². The molecule has 2 amide bonds. The summed E-state index contributed by atoms with van der Waals surface area (Å²) in [5, 5.41) is 15.5. The summed E-state index contributed by atoms with van der Waals surface area (Å²) < 4.78 is 16.9. The van der Waals surface area contributed by atoms with Gasteiger partial charge in [-0.2, -0.15) is 0 Å². The zero-order chi connectivity index (χ0) is 22.0. The third-order valence-electron chi connectivity index (χ3n) is 5.49. The van der Waals surface area contributed by atoms with E-state index < -0.39 is 50.8 Å². The van der Waals surface area contributed by atoms with Gasteiger partial charge in [0.1, 0.15) is 34.5 Å². The predicted molar refractivity (Wildman–Crippen MR) is 107 cm³/mol. The van der Waals surface area contributed by atoms with Crippen LogP contribution in [0.5, 0.6) is 0 Å². The number of hydrogen-bond donors (Lipinski definition) is 2. The number of aromatic nitrogens is 1. The Morgan fingerprint density at radius 2 is 2.00 bits per heavy atom. The van der Waals surface area contributed by atoms with E-state index in [0.717, 1.165) is 4.90 Å². The molecule has 0 saturated carbocycles. The minimum atomic E-state index is -1.69. The Balaban J connectivity index is 1.64. The average Bonchev–Trinajstić information content (AvgIpc) is 3.14. The standard InChI is InChI=1S/C19H18ClN3O6S/c1-8-11(12(22-29-8)9-6-4-5-7-10(9)20)15(24)21-13-16(25)23-14(18(26)27)19(2,3)30(28)17(13)23/h4-7,13-14,17H,1-3H3,(H,21,24)(H,26,27). The van der Waals surface area contributed by atoms with Gasteiger partial charge in [-0.05, 0) is 26.8 Å². The third kappa shape index (κ3) is 2.78. The largest absolute Gasteiger partial charge is 0.480 e. The minimum Gasteiger partial charge on any atom is -0.480 e. The highest BCUT2D eigenvalue weighted by molar-refractivity contribution is 7.87. The van der Waals surface area contributed by atoms with Crippen LogP contribution in [-0.2, 0) is 20.4 Å². The van der Waals surface area contributed by atoms with Crippen molar-refractivity contribution in [3.05, 3.63) is 40.6 Å². The molecule has 11 heteroatoms. The van der Waals surface area contributed by atoms with Gasteiger partial charge in [0, 0.05) is 5.56 Å². The molecule has 4 atom stereocenters. The zero-order valence-electron chi connectivity index (χ0n) is 16.2. The van der Waals surface area contributed by atoms with Crippen LogP contribution in [0, 0.1) is 6.92 Å². The normalized spacial score (nSPS) is 26.8.